The maximum Gasteiger partial charge on any atom is 0.316 e. The van der Waals surface area contributed by atoms with Crippen molar-refractivity contribution < 1.29 is 18.3 Å². The molecule has 1 aromatic carbocycles. The summed E-state index contributed by atoms with van der Waals surface area (Å²) in [5, 5.41) is 2.45. The SMILES string of the molecule is COc1ncc(NC(=O)c2ccc(F)c(F)c2)cn1. The number of carbonyl (C=O) groups is 1. The van der Waals surface area contributed by atoms with Crippen molar-refractivity contribution in [2.24, 2.45) is 0 Å². The molecule has 0 aliphatic heterocycles. The molecule has 2 aromatic rings. The van der Waals surface area contributed by atoms with Gasteiger partial charge in [-0.1, -0.05) is 0 Å². The Labute approximate surface area is 107 Å². The summed E-state index contributed by atoms with van der Waals surface area (Å²) in [5.74, 6) is -2.68. The molecule has 5 nitrogen and oxygen atoms in total. The first kappa shape index (κ1) is 12.9. The van der Waals surface area contributed by atoms with Crippen molar-refractivity contribution in [1.29, 1.82) is 0 Å². The number of halogens is 2. The van der Waals surface area contributed by atoms with Gasteiger partial charge in [-0.25, -0.2) is 18.7 Å². The first-order chi connectivity index (χ1) is 9.10. The summed E-state index contributed by atoms with van der Waals surface area (Å²) in [6.07, 6.45) is 2.67. The van der Waals surface area contributed by atoms with Gasteiger partial charge in [-0.05, 0) is 18.2 Å². The average Bonchev–Trinajstić information content (AvgIpc) is 2.42. The molecule has 0 radical (unpaired) electrons. The quantitative estimate of drug-likeness (QED) is 0.922. The molecule has 0 saturated heterocycles. The highest BCUT2D eigenvalue weighted by Gasteiger charge is 2.10. The van der Waals surface area contributed by atoms with Crippen LogP contribution in [0.25, 0.3) is 0 Å². The summed E-state index contributed by atoms with van der Waals surface area (Å²) < 4.78 is 30.5. The summed E-state index contributed by atoms with van der Waals surface area (Å²) in [6, 6.07) is 3.04. The smallest absolute Gasteiger partial charge is 0.316 e. The predicted molar refractivity (Wildman–Crippen MR) is 62.9 cm³/mol. The van der Waals surface area contributed by atoms with Gasteiger partial charge in [0.15, 0.2) is 11.6 Å². The summed E-state index contributed by atoms with van der Waals surface area (Å²) >= 11 is 0. The van der Waals surface area contributed by atoms with Crippen LogP contribution in [0.15, 0.2) is 30.6 Å². The van der Waals surface area contributed by atoms with Crippen LogP contribution in [0.3, 0.4) is 0 Å². The van der Waals surface area contributed by atoms with E-state index in [1.165, 1.54) is 25.6 Å². The average molecular weight is 265 g/mol. The number of anilines is 1. The zero-order valence-electron chi connectivity index (χ0n) is 9.85. The van der Waals surface area contributed by atoms with Gasteiger partial charge < -0.3 is 10.1 Å². The number of nitrogens with one attached hydrogen (secondary N) is 1. The molecule has 19 heavy (non-hydrogen) atoms. The highest BCUT2D eigenvalue weighted by atomic mass is 19.2. The number of aromatic nitrogens is 2. The summed E-state index contributed by atoms with van der Waals surface area (Å²) in [5.41, 5.74) is 0.310. The minimum absolute atomic E-state index is 0.00489. The third kappa shape index (κ3) is 3.01. The van der Waals surface area contributed by atoms with Gasteiger partial charge in [0, 0.05) is 5.56 Å². The fourth-order valence-corrected chi connectivity index (χ4v) is 1.33. The van der Waals surface area contributed by atoms with Crippen LogP contribution in [0.1, 0.15) is 10.4 Å². The Morgan fingerprint density at radius 1 is 1.21 bits per heavy atom. The molecule has 2 rings (SSSR count). The predicted octanol–water partition coefficient (Wildman–Crippen LogP) is 2.02. The Bertz CT molecular complexity index is 602. The molecular formula is C12H9F2N3O2. The summed E-state index contributed by atoms with van der Waals surface area (Å²) in [6.45, 7) is 0. The normalized spacial score (nSPS) is 10.1. The van der Waals surface area contributed by atoms with Gasteiger partial charge in [0.1, 0.15) is 0 Å². The second-order valence-corrected chi connectivity index (χ2v) is 3.54. The Kier molecular flexibility index (Phi) is 3.65. The molecule has 1 heterocycles. The van der Waals surface area contributed by atoms with E-state index in [9.17, 15) is 13.6 Å². The number of benzene rings is 1. The number of nitrogens with zero attached hydrogens (tertiary/aromatic N) is 2. The van der Waals surface area contributed by atoms with Crippen molar-refractivity contribution in [3.8, 4) is 6.01 Å². The van der Waals surface area contributed by atoms with E-state index in [1.54, 1.807) is 0 Å². The van der Waals surface area contributed by atoms with E-state index < -0.39 is 17.5 Å². The fraction of sp³-hybridized carbons (Fsp3) is 0.0833. The van der Waals surface area contributed by atoms with Crippen LogP contribution in [0.5, 0.6) is 6.01 Å². The van der Waals surface area contributed by atoms with Crippen LogP contribution in [0.4, 0.5) is 14.5 Å². The second kappa shape index (κ2) is 5.38. The first-order valence-electron chi connectivity index (χ1n) is 5.22. The molecule has 0 spiro atoms. The van der Waals surface area contributed by atoms with Crippen LogP contribution in [0, 0.1) is 11.6 Å². The molecule has 1 N–H and O–H groups in total. The number of carbonyl (C=O) groups excluding carboxylic acids is 1. The lowest BCUT2D eigenvalue weighted by Crippen LogP contribution is -2.13. The van der Waals surface area contributed by atoms with Crippen molar-refractivity contribution in [2.75, 3.05) is 12.4 Å². The Balaban J connectivity index is 2.13. The van der Waals surface area contributed by atoms with Crippen molar-refractivity contribution >= 4 is 11.6 Å². The number of hydrogen-bond acceptors (Lipinski definition) is 4. The second-order valence-electron chi connectivity index (χ2n) is 3.54. The minimum atomic E-state index is -1.08. The molecule has 0 aliphatic rings. The Morgan fingerprint density at radius 2 is 1.89 bits per heavy atom. The molecule has 1 aromatic heterocycles. The topological polar surface area (TPSA) is 64.1 Å². The molecule has 0 fully saturated rings. The zero-order valence-corrected chi connectivity index (χ0v) is 9.85. The zero-order chi connectivity index (χ0) is 13.8. The van der Waals surface area contributed by atoms with Gasteiger partial charge in [-0.2, -0.15) is 0 Å². The molecule has 1 amide bonds. The first-order valence-corrected chi connectivity index (χ1v) is 5.22. The van der Waals surface area contributed by atoms with Crippen LogP contribution in [-0.2, 0) is 0 Å². The van der Waals surface area contributed by atoms with Crippen molar-refractivity contribution in [3.63, 3.8) is 0 Å². The number of hydrogen-bond donors (Lipinski definition) is 1. The number of methoxy groups -OCH3 is 1. The third-order valence-corrected chi connectivity index (χ3v) is 2.25. The molecule has 98 valence electrons. The van der Waals surface area contributed by atoms with E-state index in [1.807, 2.05) is 0 Å². The van der Waals surface area contributed by atoms with Crippen molar-refractivity contribution in [1.82, 2.24) is 9.97 Å². The fourth-order valence-electron chi connectivity index (χ4n) is 1.33. The van der Waals surface area contributed by atoms with E-state index >= 15 is 0 Å². The molecule has 7 heteroatoms. The lowest BCUT2D eigenvalue weighted by atomic mass is 10.2. The molecule has 0 bridgehead atoms. The van der Waals surface area contributed by atoms with Gasteiger partial charge >= 0.3 is 6.01 Å². The van der Waals surface area contributed by atoms with Gasteiger partial charge in [0.25, 0.3) is 5.91 Å². The van der Waals surface area contributed by atoms with E-state index in [4.69, 9.17) is 4.74 Å². The van der Waals surface area contributed by atoms with E-state index in [0.717, 1.165) is 12.1 Å². The maximum atomic E-state index is 13.0. The van der Waals surface area contributed by atoms with Crippen LogP contribution < -0.4 is 10.1 Å². The monoisotopic (exact) mass is 265 g/mol. The van der Waals surface area contributed by atoms with Gasteiger partial charge in [-0.3, -0.25) is 4.79 Å². The van der Waals surface area contributed by atoms with Gasteiger partial charge in [0.2, 0.25) is 0 Å². The lowest BCUT2D eigenvalue weighted by molar-refractivity contribution is 0.102. The highest BCUT2D eigenvalue weighted by Crippen LogP contribution is 2.12. The maximum absolute atomic E-state index is 13.0. The number of amides is 1. The highest BCUT2D eigenvalue weighted by molar-refractivity contribution is 6.04. The van der Waals surface area contributed by atoms with Gasteiger partial charge in [-0.15, -0.1) is 0 Å². The van der Waals surface area contributed by atoms with Crippen LogP contribution >= 0.6 is 0 Å². The van der Waals surface area contributed by atoms with Crippen molar-refractivity contribution in [3.05, 3.63) is 47.8 Å². The summed E-state index contributed by atoms with van der Waals surface area (Å²) in [4.78, 5) is 19.3. The third-order valence-electron chi connectivity index (χ3n) is 2.25. The van der Waals surface area contributed by atoms with E-state index in [0.29, 0.717) is 5.69 Å². The summed E-state index contributed by atoms with van der Waals surface area (Å²) in [7, 11) is 1.41. The molecule has 0 aliphatic carbocycles. The molecule has 0 saturated carbocycles. The minimum Gasteiger partial charge on any atom is -0.467 e. The van der Waals surface area contributed by atoms with E-state index in [2.05, 4.69) is 15.3 Å². The molecular weight excluding hydrogens is 256 g/mol. The lowest BCUT2D eigenvalue weighted by Gasteiger charge is -2.05. The largest absolute Gasteiger partial charge is 0.467 e. The number of ether oxygens (including phenoxy) is 1. The Morgan fingerprint density at radius 3 is 2.47 bits per heavy atom. The number of rotatable bonds is 3. The van der Waals surface area contributed by atoms with Crippen molar-refractivity contribution in [2.45, 2.75) is 0 Å². The standard InChI is InChI=1S/C12H9F2N3O2/c1-19-12-15-5-8(6-16-12)17-11(18)7-2-3-9(13)10(14)4-7/h2-6H,1H3,(H,17,18). The molecule has 0 atom stereocenters. The Hall–Kier alpha value is -2.57. The van der Waals surface area contributed by atoms with E-state index in [-0.39, 0.29) is 11.6 Å². The van der Waals surface area contributed by atoms with Crippen LogP contribution in [0.2, 0.25) is 0 Å². The van der Waals surface area contributed by atoms with Gasteiger partial charge in [0.05, 0.1) is 25.2 Å². The molecule has 0 unspecified atom stereocenters. The van der Waals surface area contributed by atoms with Crippen LogP contribution in [-0.4, -0.2) is 23.0 Å².